The molecule has 0 saturated heterocycles. The van der Waals surface area contributed by atoms with Crippen molar-refractivity contribution in [3.05, 3.63) is 59.7 Å². The zero-order valence-electron chi connectivity index (χ0n) is 27.5. The van der Waals surface area contributed by atoms with E-state index in [2.05, 4.69) is 48.7 Å². The fourth-order valence-electron chi connectivity index (χ4n) is 4.84. The van der Waals surface area contributed by atoms with Crippen LogP contribution in [0, 0.1) is 0 Å². The molecule has 2 N–H and O–H groups in total. The first-order chi connectivity index (χ1) is 20.8. The van der Waals surface area contributed by atoms with Crippen molar-refractivity contribution in [3.8, 4) is 11.5 Å². The highest BCUT2D eigenvalue weighted by Gasteiger charge is 2.35. The third-order valence-electron chi connectivity index (χ3n) is 7.38. The van der Waals surface area contributed by atoms with Crippen LogP contribution in [0.25, 0.3) is 0 Å². The van der Waals surface area contributed by atoms with Gasteiger partial charge in [0.25, 0.3) is 0 Å². The summed E-state index contributed by atoms with van der Waals surface area (Å²) in [7, 11) is 6.89. The molecule has 0 aliphatic rings. The van der Waals surface area contributed by atoms with Gasteiger partial charge in [-0.1, -0.05) is 70.2 Å². The molecule has 0 fully saturated rings. The lowest BCUT2D eigenvalue weighted by Crippen LogP contribution is -2.61. The molecule has 0 radical (unpaired) electrons. The number of carbonyl (C=O) groups is 2. The minimum absolute atomic E-state index is 0.140. The van der Waals surface area contributed by atoms with E-state index in [9.17, 15) is 9.59 Å². The van der Waals surface area contributed by atoms with Gasteiger partial charge in [-0.3, -0.25) is 9.59 Å². The van der Waals surface area contributed by atoms with Crippen LogP contribution < -0.4 is 20.1 Å². The van der Waals surface area contributed by atoms with Crippen molar-refractivity contribution < 1.29 is 19.1 Å². The first-order valence-corrected chi connectivity index (χ1v) is 16.1. The van der Waals surface area contributed by atoms with E-state index in [1.54, 1.807) is 38.0 Å². The van der Waals surface area contributed by atoms with Gasteiger partial charge < -0.3 is 29.9 Å². The monoisotopic (exact) mass is 596 g/mol. The number of likely N-dealkylation sites (N-methyl/N-ethyl adjacent to an activating group) is 2. The highest BCUT2D eigenvalue weighted by Crippen LogP contribution is 2.16. The molecule has 2 aromatic carbocycles. The summed E-state index contributed by atoms with van der Waals surface area (Å²) in [6.45, 7) is 6.90. The van der Waals surface area contributed by atoms with Gasteiger partial charge in [0, 0.05) is 28.2 Å². The molecule has 0 bridgehead atoms. The Balaban J connectivity index is 2.03. The number of nitrogens with one attached hydrogen (secondary N) is 2. The third-order valence-corrected chi connectivity index (χ3v) is 7.38. The fourth-order valence-corrected chi connectivity index (χ4v) is 4.84. The number of rotatable bonds is 22. The average molecular weight is 597 g/mol. The number of benzene rings is 2. The van der Waals surface area contributed by atoms with E-state index in [1.807, 2.05) is 24.3 Å². The molecular formula is C35H56N4O4. The molecule has 0 heterocycles. The van der Waals surface area contributed by atoms with Gasteiger partial charge in [0.05, 0.1) is 13.2 Å². The van der Waals surface area contributed by atoms with Crippen LogP contribution in [0.5, 0.6) is 11.5 Å². The molecule has 0 aromatic heterocycles. The smallest absolute Gasteiger partial charge is 0.241 e. The number of carbonyl (C=O) groups excluding carboxylic acids is 2. The lowest BCUT2D eigenvalue weighted by molar-refractivity contribution is -0.138. The van der Waals surface area contributed by atoms with Crippen LogP contribution in [0.15, 0.2) is 48.5 Å². The molecule has 8 nitrogen and oxygen atoms in total. The van der Waals surface area contributed by atoms with E-state index in [0.717, 1.165) is 54.9 Å². The standard InChI is InChI=1S/C35H56N4O4/c1-7-9-11-13-25-43-31-19-15-17-29(27-31)21-23-37-33(35(41)39(5)6)32(34(40)38(3)4)36-22-20-28-16-14-18-30(26-28)42-24-12-10-8-2/h14-19,26-27,32-33,36-37H,7-13,20-25H2,1-6H3. The minimum Gasteiger partial charge on any atom is -0.494 e. The topological polar surface area (TPSA) is 83.1 Å². The van der Waals surface area contributed by atoms with Crippen LogP contribution in [0.4, 0.5) is 0 Å². The Bertz CT molecular complexity index is 1080. The minimum atomic E-state index is -0.712. The molecular weight excluding hydrogens is 540 g/mol. The summed E-state index contributed by atoms with van der Waals surface area (Å²) in [6, 6.07) is 14.8. The van der Waals surface area contributed by atoms with Gasteiger partial charge >= 0.3 is 0 Å². The highest BCUT2D eigenvalue weighted by atomic mass is 16.5. The number of ether oxygens (including phenoxy) is 2. The van der Waals surface area contributed by atoms with E-state index in [0.29, 0.717) is 32.5 Å². The second-order valence-electron chi connectivity index (χ2n) is 11.6. The van der Waals surface area contributed by atoms with Gasteiger partial charge in [-0.15, -0.1) is 0 Å². The van der Waals surface area contributed by atoms with Crippen LogP contribution in [0.2, 0.25) is 0 Å². The van der Waals surface area contributed by atoms with Crippen LogP contribution >= 0.6 is 0 Å². The molecule has 43 heavy (non-hydrogen) atoms. The van der Waals surface area contributed by atoms with Crippen LogP contribution in [0.3, 0.4) is 0 Å². The molecule has 0 saturated carbocycles. The van der Waals surface area contributed by atoms with Gasteiger partial charge in [-0.25, -0.2) is 0 Å². The SMILES string of the molecule is CCCCCCOc1cccc(CCNC(C(=O)N(C)C)C(NCCc2cccc(OCCCCC)c2)C(=O)N(C)C)c1. The van der Waals surface area contributed by atoms with E-state index < -0.39 is 12.1 Å². The second-order valence-corrected chi connectivity index (χ2v) is 11.6. The van der Waals surface area contributed by atoms with E-state index in [1.165, 1.54) is 19.3 Å². The van der Waals surface area contributed by atoms with Crippen LogP contribution in [-0.2, 0) is 22.4 Å². The summed E-state index contributed by atoms with van der Waals surface area (Å²) in [5.41, 5.74) is 2.24. The van der Waals surface area contributed by atoms with Crippen molar-refractivity contribution in [2.45, 2.75) is 83.7 Å². The number of hydrogen-bond acceptors (Lipinski definition) is 6. The predicted molar refractivity (Wildman–Crippen MR) is 176 cm³/mol. The summed E-state index contributed by atoms with van der Waals surface area (Å²) >= 11 is 0. The third kappa shape index (κ3) is 13.8. The van der Waals surface area contributed by atoms with Crippen LogP contribution in [0.1, 0.15) is 69.9 Å². The van der Waals surface area contributed by atoms with Crippen LogP contribution in [-0.4, -0.2) is 88.2 Å². The number of amides is 2. The van der Waals surface area contributed by atoms with Gasteiger partial charge in [0.15, 0.2) is 0 Å². The van der Waals surface area contributed by atoms with Crippen molar-refractivity contribution >= 4 is 11.8 Å². The average Bonchev–Trinajstić information content (AvgIpc) is 3.00. The molecule has 8 heteroatoms. The number of hydrogen-bond donors (Lipinski definition) is 2. The van der Waals surface area contributed by atoms with Crippen molar-refractivity contribution in [1.82, 2.24) is 20.4 Å². The Hall–Kier alpha value is -3.10. The molecule has 2 rings (SSSR count). The van der Waals surface area contributed by atoms with E-state index in [4.69, 9.17) is 9.47 Å². The Kier molecular flexibility index (Phi) is 17.4. The quantitative estimate of drug-likeness (QED) is 0.184. The second kappa shape index (κ2) is 20.7. The molecule has 2 amide bonds. The molecule has 2 atom stereocenters. The molecule has 2 aromatic rings. The Morgan fingerprint density at radius 2 is 1.07 bits per heavy atom. The van der Waals surface area contributed by atoms with Crippen molar-refractivity contribution in [2.75, 3.05) is 54.5 Å². The predicted octanol–water partition coefficient (Wildman–Crippen LogP) is 5.09. The molecule has 0 aliphatic heterocycles. The maximum atomic E-state index is 13.3. The largest absolute Gasteiger partial charge is 0.494 e. The summed E-state index contributed by atoms with van der Waals surface area (Å²) in [5, 5.41) is 6.80. The first-order valence-electron chi connectivity index (χ1n) is 16.1. The first kappa shape index (κ1) is 36.1. The lowest BCUT2D eigenvalue weighted by Gasteiger charge is -2.31. The lowest BCUT2D eigenvalue weighted by atomic mass is 10.0. The fraction of sp³-hybridized carbons (Fsp3) is 0.600. The zero-order valence-corrected chi connectivity index (χ0v) is 27.5. The molecule has 0 aliphatic carbocycles. The van der Waals surface area contributed by atoms with Crippen molar-refractivity contribution in [3.63, 3.8) is 0 Å². The Morgan fingerprint density at radius 3 is 1.49 bits per heavy atom. The van der Waals surface area contributed by atoms with E-state index in [-0.39, 0.29) is 11.8 Å². The molecule has 0 spiro atoms. The van der Waals surface area contributed by atoms with E-state index >= 15 is 0 Å². The van der Waals surface area contributed by atoms with Crippen molar-refractivity contribution in [2.24, 2.45) is 0 Å². The Morgan fingerprint density at radius 1 is 0.651 bits per heavy atom. The highest BCUT2D eigenvalue weighted by molar-refractivity contribution is 5.92. The number of nitrogens with zero attached hydrogens (tertiary/aromatic N) is 2. The molecule has 2 unspecified atom stereocenters. The van der Waals surface area contributed by atoms with Gasteiger partial charge in [-0.05, 0) is 74.2 Å². The summed E-state index contributed by atoms with van der Waals surface area (Å²) in [5.74, 6) is 1.45. The summed E-state index contributed by atoms with van der Waals surface area (Å²) in [6.07, 6.45) is 9.46. The summed E-state index contributed by atoms with van der Waals surface area (Å²) < 4.78 is 11.9. The Labute approximate surface area is 260 Å². The van der Waals surface area contributed by atoms with Gasteiger partial charge in [0.2, 0.25) is 11.8 Å². The maximum absolute atomic E-state index is 13.3. The number of unbranched alkanes of at least 4 members (excludes halogenated alkanes) is 5. The summed E-state index contributed by atoms with van der Waals surface area (Å²) in [4.78, 5) is 29.8. The molecule has 240 valence electrons. The van der Waals surface area contributed by atoms with Gasteiger partial charge in [0.1, 0.15) is 23.6 Å². The maximum Gasteiger partial charge on any atom is 0.241 e. The zero-order chi connectivity index (χ0) is 31.5. The van der Waals surface area contributed by atoms with Gasteiger partial charge in [-0.2, -0.15) is 0 Å². The van der Waals surface area contributed by atoms with Crippen molar-refractivity contribution in [1.29, 1.82) is 0 Å². The normalized spacial score (nSPS) is 12.4.